The van der Waals surface area contributed by atoms with Crippen LogP contribution in [0, 0.1) is 0 Å². The van der Waals surface area contributed by atoms with Crippen molar-refractivity contribution >= 4 is 21.6 Å². The van der Waals surface area contributed by atoms with Crippen molar-refractivity contribution in [2.45, 2.75) is 26.2 Å². The Morgan fingerprint density at radius 1 is 1.31 bits per heavy atom. The highest BCUT2D eigenvalue weighted by Gasteiger charge is 2.18. The second kappa shape index (κ2) is 2.77. The van der Waals surface area contributed by atoms with Gasteiger partial charge >= 0.3 is 0 Å². The first-order valence-corrected chi connectivity index (χ1v) is 5.06. The maximum atomic E-state index is 4.42. The van der Waals surface area contributed by atoms with Gasteiger partial charge in [0.1, 0.15) is 0 Å². The molecule has 0 aromatic carbocycles. The Labute approximate surface area is 81.8 Å². The molecule has 0 spiro atoms. The molecule has 2 aromatic rings. The smallest absolute Gasteiger partial charge is 0.0583 e. The first-order chi connectivity index (χ1) is 6.09. The van der Waals surface area contributed by atoms with Crippen LogP contribution >= 0.6 is 11.5 Å². The van der Waals surface area contributed by atoms with E-state index in [1.54, 1.807) is 0 Å². The molecular formula is C10H12N2S. The topological polar surface area (TPSA) is 25.8 Å². The zero-order chi connectivity index (χ0) is 9.47. The first-order valence-electron chi connectivity index (χ1n) is 4.29. The van der Waals surface area contributed by atoms with Crippen molar-refractivity contribution in [2.24, 2.45) is 0 Å². The largest absolute Gasteiger partial charge is 0.260 e. The Morgan fingerprint density at radius 3 is 2.77 bits per heavy atom. The molecule has 0 amide bonds. The van der Waals surface area contributed by atoms with E-state index in [0.717, 1.165) is 5.69 Å². The minimum absolute atomic E-state index is 0.0995. The van der Waals surface area contributed by atoms with E-state index in [1.165, 1.54) is 21.6 Å². The van der Waals surface area contributed by atoms with Crippen LogP contribution in [-0.4, -0.2) is 9.36 Å². The summed E-state index contributed by atoms with van der Waals surface area (Å²) in [7, 11) is 0. The average Bonchev–Trinajstić information content (AvgIpc) is 2.48. The Bertz CT molecular complexity index is 426. The molecule has 0 aliphatic heterocycles. The number of aromatic nitrogens is 2. The van der Waals surface area contributed by atoms with Gasteiger partial charge in [-0.2, -0.15) is 4.37 Å². The van der Waals surface area contributed by atoms with E-state index >= 15 is 0 Å². The van der Waals surface area contributed by atoms with Crippen LogP contribution in [0.25, 0.3) is 10.1 Å². The molecule has 0 N–H and O–H groups in total. The summed E-state index contributed by atoms with van der Waals surface area (Å²) in [6.07, 6.45) is 3.77. The highest BCUT2D eigenvalue weighted by atomic mass is 32.1. The fraction of sp³-hybridized carbons (Fsp3) is 0.400. The molecular weight excluding hydrogens is 180 g/mol. The van der Waals surface area contributed by atoms with Crippen molar-refractivity contribution in [1.82, 2.24) is 9.36 Å². The number of hydrogen-bond donors (Lipinski definition) is 0. The highest BCUT2D eigenvalue weighted by Crippen LogP contribution is 2.28. The normalized spacial score (nSPS) is 12.2. The molecule has 13 heavy (non-hydrogen) atoms. The number of fused-ring (bicyclic) bond motifs is 1. The van der Waals surface area contributed by atoms with Crippen molar-refractivity contribution in [3.05, 3.63) is 24.2 Å². The maximum Gasteiger partial charge on any atom is 0.0583 e. The monoisotopic (exact) mass is 192 g/mol. The molecule has 0 aliphatic carbocycles. The molecule has 0 bridgehead atoms. The lowest BCUT2D eigenvalue weighted by Crippen LogP contribution is -2.13. The molecule has 0 saturated carbocycles. The van der Waals surface area contributed by atoms with Crippen LogP contribution in [0.3, 0.4) is 0 Å². The predicted octanol–water partition coefficient (Wildman–Crippen LogP) is 2.99. The second-order valence-electron chi connectivity index (χ2n) is 4.15. The first kappa shape index (κ1) is 8.63. The molecule has 3 heteroatoms. The summed E-state index contributed by atoms with van der Waals surface area (Å²) in [6, 6.07) is 2.02. The third-order valence-electron chi connectivity index (χ3n) is 1.99. The molecule has 0 aliphatic rings. The van der Waals surface area contributed by atoms with Crippen molar-refractivity contribution in [3.8, 4) is 0 Å². The molecule has 0 radical (unpaired) electrons. The molecule has 0 saturated heterocycles. The van der Waals surface area contributed by atoms with E-state index in [0.29, 0.717) is 0 Å². The van der Waals surface area contributed by atoms with Gasteiger partial charge in [-0.3, -0.25) is 4.98 Å². The third kappa shape index (κ3) is 1.44. The number of pyridine rings is 1. The van der Waals surface area contributed by atoms with Crippen LogP contribution in [0.5, 0.6) is 0 Å². The molecule has 0 unspecified atom stereocenters. The number of hydrogen-bond acceptors (Lipinski definition) is 3. The summed E-state index contributed by atoms with van der Waals surface area (Å²) in [5.74, 6) is 0. The summed E-state index contributed by atoms with van der Waals surface area (Å²) >= 11 is 1.53. The van der Waals surface area contributed by atoms with Crippen LogP contribution < -0.4 is 0 Å². The standard InChI is InChI=1S/C10H12N2S/c1-10(2,3)9-7-6-12-13-8(7)4-5-11-9/h4-6H,1-3H3. The Hall–Kier alpha value is -0.960. The predicted molar refractivity (Wildman–Crippen MR) is 56.1 cm³/mol. The van der Waals surface area contributed by atoms with Crippen LogP contribution in [-0.2, 0) is 5.41 Å². The number of nitrogens with zero attached hydrogens (tertiary/aromatic N) is 2. The average molecular weight is 192 g/mol. The molecule has 0 fully saturated rings. The van der Waals surface area contributed by atoms with E-state index < -0.39 is 0 Å². The van der Waals surface area contributed by atoms with E-state index in [9.17, 15) is 0 Å². The van der Waals surface area contributed by atoms with Crippen molar-refractivity contribution in [2.75, 3.05) is 0 Å². The highest BCUT2D eigenvalue weighted by molar-refractivity contribution is 7.13. The molecule has 2 aromatic heterocycles. The van der Waals surface area contributed by atoms with E-state index in [-0.39, 0.29) is 5.41 Å². The fourth-order valence-corrected chi connectivity index (χ4v) is 2.03. The van der Waals surface area contributed by atoms with Gasteiger partial charge in [0.25, 0.3) is 0 Å². The minimum atomic E-state index is 0.0995. The quantitative estimate of drug-likeness (QED) is 0.641. The lowest BCUT2D eigenvalue weighted by Gasteiger charge is -2.17. The van der Waals surface area contributed by atoms with Crippen molar-refractivity contribution in [1.29, 1.82) is 0 Å². The summed E-state index contributed by atoms with van der Waals surface area (Å²) in [5, 5.41) is 1.19. The van der Waals surface area contributed by atoms with Gasteiger partial charge in [-0.25, -0.2) is 0 Å². The van der Waals surface area contributed by atoms with E-state index in [1.807, 2.05) is 18.5 Å². The van der Waals surface area contributed by atoms with Crippen LogP contribution in [0.15, 0.2) is 18.5 Å². The Balaban J connectivity index is 2.75. The van der Waals surface area contributed by atoms with Gasteiger partial charge in [-0.05, 0) is 17.6 Å². The van der Waals surface area contributed by atoms with Gasteiger partial charge in [0, 0.05) is 17.0 Å². The summed E-state index contributed by atoms with van der Waals surface area (Å²) in [4.78, 5) is 4.42. The van der Waals surface area contributed by atoms with Gasteiger partial charge in [-0.1, -0.05) is 20.8 Å². The summed E-state index contributed by atoms with van der Waals surface area (Å²) < 4.78 is 5.40. The second-order valence-corrected chi connectivity index (χ2v) is 4.98. The van der Waals surface area contributed by atoms with Gasteiger partial charge in [0.15, 0.2) is 0 Å². The SMILES string of the molecule is CC(C)(C)c1nccc2sncc12. The third-order valence-corrected chi connectivity index (χ3v) is 2.76. The fourth-order valence-electron chi connectivity index (χ4n) is 1.39. The van der Waals surface area contributed by atoms with E-state index in [2.05, 4.69) is 30.1 Å². The maximum absolute atomic E-state index is 4.42. The Kier molecular flexibility index (Phi) is 1.84. The summed E-state index contributed by atoms with van der Waals surface area (Å²) in [6.45, 7) is 6.52. The van der Waals surface area contributed by atoms with Crippen LogP contribution in [0.1, 0.15) is 26.5 Å². The lowest BCUT2D eigenvalue weighted by molar-refractivity contribution is 0.575. The van der Waals surface area contributed by atoms with Gasteiger partial charge in [0.2, 0.25) is 0 Å². The molecule has 2 rings (SSSR count). The molecule has 0 atom stereocenters. The Morgan fingerprint density at radius 2 is 2.08 bits per heavy atom. The lowest BCUT2D eigenvalue weighted by atomic mass is 9.90. The zero-order valence-corrected chi connectivity index (χ0v) is 8.85. The van der Waals surface area contributed by atoms with Gasteiger partial charge in [-0.15, -0.1) is 0 Å². The van der Waals surface area contributed by atoms with Crippen LogP contribution in [0.2, 0.25) is 0 Å². The van der Waals surface area contributed by atoms with Crippen LogP contribution in [0.4, 0.5) is 0 Å². The number of rotatable bonds is 0. The minimum Gasteiger partial charge on any atom is -0.260 e. The van der Waals surface area contributed by atoms with Gasteiger partial charge in [0.05, 0.1) is 16.6 Å². The van der Waals surface area contributed by atoms with Crippen molar-refractivity contribution < 1.29 is 0 Å². The summed E-state index contributed by atoms with van der Waals surface area (Å²) in [5.41, 5.74) is 1.24. The van der Waals surface area contributed by atoms with Crippen molar-refractivity contribution in [3.63, 3.8) is 0 Å². The molecule has 2 heterocycles. The molecule has 68 valence electrons. The molecule has 2 nitrogen and oxygen atoms in total. The van der Waals surface area contributed by atoms with E-state index in [4.69, 9.17) is 0 Å². The zero-order valence-electron chi connectivity index (χ0n) is 8.03. The van der Waals surface area contributed by atoms with Gasteiger partial charge < -0.3 is 0 Å².